The summed E-state index contributed by atoms with van der Waals surface area (Å²) in [6.45, 7) is 10.2. The van der Waals surface area contributed by atoms with E-state index in [-0.39, 0.29) is 17.7 Å². The monoisotopic (exact) mass is 269 g/mol. The Hall–Kier alpha value is -0.900. The van der Waals surface area contributed by atoms with E-state index >= 15 is 0 Å². The third-order valence-corrected chi connectivity index (χ3v) is 3.98. The zero-order valence-electron chi connectivity index (χ0n) is 12.7. The van der Waals surface area contributed by atoms with Crippen LogP contribution in [0.15, 0.2) is 0 Å². The first-order chi connectivity index (χ1) is 8.99. The molecule has 0 spiro atoms. The van der Waals surface area contributed by atoms with Crippen molar-refractivity contribution in [3.05, 3.63) is 0 Å². The van der Waals surface area contributed by atoms with Crippen molar-refractivity contribution in [2.75, 3.05) is 26.2 Å². The van der Waals surface area contributed by atoms with E-state index in [2.05, 4.69) is 11.8 Å². The lowest BCUT2D eigenvalue weighted by Crippen LogP contribution is -2.56. The van der Waals surface area contributed by atoms with E-state index in [9.17, 15) is 9.59 Å². The van der Waals surface area contributed by atoms with Crippen molar-refractivity contribution in [2.24, 2.45) is 11.3 Å². The molecule has 4 heteroatoms. The highest BCUT2D eigenvalue weighted by Gasteiger charge is 2.49. The SMILES string of the molecule is CCCCN1C[C@H](CC)C(=O)[C@@](C)(C(=O)OCC)C1. The number of unbranched alkanes of at least 4 members (excludes halogenated alkanes) is 1. The Bertz CT molecular complexity index is 329. The number of likely N-dealkylation sites (tertiary alicyclic amines) is 1. The molecule has 0 bridgehead atoms. The van der Waals surface area contributed by atoms with Crippen molar-refractivity contribution < 1.29 is 14.3 Å². The number of esters is 1. The maximum absolute atomic E-state index is 12.5. The van der Waals surface area contributed by atoms with Crippen molar-refractivity contribution in [2.45, 2.75) is 47.0 Å². The van der Waals surface area contributed by atoms with Gasteiger partial charge in [-0.1, -0.05) is 20.3 Å². The van der Waals surface area contributed by atoms with Crippen LogP contribution in [0.4, 0.5) is 0 Å². The highest BCUT2D eigenvalue weighted by atomic mass is 16.5. The summed E-state index contributed by atoms with van der Waals surface area (Å²) in [6, 6.07) is 0. The molecule has 1 rings (SSSR count). The van der Waals surface area contributed by atoms with Gasteiger partial charge in [0.1, 0.15) is 5.41 Å². The maximum atomic E-state index is 12.5. The van der Waals surface area contributed by atoms with E-state index in [1.807, 2.05) is 6.92 Å². The van der Waals surface area contributed by atoms with E-state index < -0.39 is 5.41 Å². The van der Waals surface area contributed by atoms with Crippen LogP contribution in [-0.2, 0) is 14.3 Å². The number of carbonyl (C=O) groups excluding carboxylic acids is 2. The van der Waals surface area contributed by atoms with E-state index in [1.54, 1.807) is 13.8 Å². The number of rotatable bonds is 6. The number of hydrogen-bond donors (Lipinski definition) is 0. The largest absolute Gasteiger partial charge is 0.465 e. The summed E-state index contributed by atoms with van der Waals surface area (Å²) in [6.07, 6.45) is 3.01. The van der Waals surface area contributed by atoms with Crippen molar-refractivity contribution in [1.82, 2.24) is 4.90 Å². The highest BCUT2D eigenvalue weighted by molar-refractivity contribution is 6.05. The molecule has 0 aromatic carbocycles. The van der Waals surface area contributed by atoms with Gasteiger partial charge in [-0.2, -0.15) is 0 Å². The number of ketones is 1. The Labute approximate surface area is 116 Å². The van der Waals surface area contributed by atoms with Gasteiger partial charge in [-0.25, -0.2) is 0 Å². The van der Waals surface area contributed by atoms with Crippen molar-refractivity contribution in [1.29, 1.82) is 0 Å². The molecule has 2 atom stereocenters. The first-order valence-electron chi connectivity index (χ1n) is 7.43. The molecule has 0 aromatic rings. The number of Topliss-reactive ketones (excluding diaryl/α,β-unsaturated/α-hetero) is 1. The minimum absolute atomic E-state index is 0.0417. The van der Waals surface area contributed by atoms with Gasteiger partial charge in [0.15, 0.2) is 5.78 Å². The van der Waals surface area contributed by atoms with Crippen LogP contribution in [0.5, 0.6) is 0 Å². The van der Waals surface area contributed by atoms with Crippen molar-refractivity contribution in [3.63, 3.8) is 0 Å². The smallest absolute Gasteiger partial charge is 0.320 e. The number of nitrogens with zero attached hydrogens (tertiary/aromatic N) is 1. The summed E-state index contributed by atoms with van der Waals surface area (Å²) in [5, 5.41) is 0. The van der Waals surface area contributed by atoms with Crippen molar-refractivity contribution in [3.8, 4) is 0 Å². The molecule has 4 nitrogen and oxygen atoms in total. The van der Waals surface area contributed by atoms with Crippen LogP contribution in [0.1, 0.15) is 47.0 Å². The summed E-state index contributed by atoms with van der Waals surface area (Å²) < 4.78 is 5.11. The van der Waals surface area contributed by atoms with Gasteiger partial charge >= 0.3 is 5.97 Å². The average molecular weight is 269 g/mol. The Balaban J connectivity index is 2.86. The zero-order valence-corrected chi connectivity index (χ0v) is 12.7. The maximum Gasteiger partial charge on any atom is 0.320 e. The van der Waals surface area contributed by atoms with Gasteiger partial charge in [0.25, 0.3) is 0 Å². The first kappa shape index (κ1) is 16.2. The van der Waals surface area contributed by atoms with Gasteiger partial charge in [0, 0.05) is 19.0 Å². The molecule has 1 aliphatic heterocycles. The van der Waals surface area contributed by atoms with Gasteiger partial charge in [-0.15, -0.1) is 0 Å². The lowest BCUT2D eigenvalue weighted by Gasteiger charge is -2.41. The second-order valence-corrected chi connectivity index (χ2v) is 5.61. The molecule has 110 valence electrons. The van der Waals surface area contributed by atoms with E-state index in [0.29, 0.717) is 13.2 Å². The number of hydrogen-bond acceptors (Lipinski definition) is 4. The third kappa shape index (κ3) is 3.56. The summed E-state index contributed by atoms with van der Waals surface area (Å²) in [5.41, 5.74) is -0.983. The normalized spacial score (nSPS) is 28.4. The minimum atomic E-state index is -0.983. The first-order valence-corrected chi connectivity index (χ1v) is 7.43. The number of piperidine rings is 1. The van der Waals surface area contributed by atoms with Gasteiger partial charge < -0.3 is 9.64 Å². The molecule has 0 unspecified atom stereocenters. The van der Waals surface area contributed by atoms with Gasteiger partial charge in [0.2, 0.25) is 0 Å². The predicted octanol–water partition coefficient (Wildman–Crippen LogP) is 2.27. The molecule has 1 aliphatic rings. The Morgan fingerprint density at radius 3 is 2.63 bits per heavy atom. The van der Waals surface area contributed by atoms with Crippen LogP contribution in [-0.4, -0.2) is 42.9 Å². The van der Waals surface area contributed by atoms with Crippen LogP contribution >= 0.6 is 0 Å². The molecule has 0 N–H and O–H groups in total. The molecule has 0 saturated carbocycles. The van der Waals surface area contributed by atoms with E-state index in [0.717, 1.165) is 32.4 Å². The standard InChI is InChI=1S/C15H27NO3/c1-5-8-9-16-10-12(6-2)13(17)15(4,11-16)14(18)19-7-3/h12H,5-11H2,1-4H3/t12-,15-/m0/s1. The van der Waals surface area contributed by atoms with E-state index in [1.165, 1.54) is 0 Å². The van der Waals surface area contributed by atoms with Crippen LogP contribution < -0.4 is 0 Å². The molecule has 1 fully saturated rings. The van der Waals surface area contributed by atoms with Crippen LogP contribution in [0.25, 0.3) is 0 Å². The summed E-state index contributed by atoms with van der Waals surface area (Å²) in [5.74, 6) is -0.346. The molecule has 19 heavy (non-hydrogen) atoms. The van der Waals surface area contributed by atoms with Gasteiger partial charge in [-0.05, 0) is 33.2 Å². The second kappa shape index (κ2) is 7.04. The molecular formula is C15H27NO3. The molecule has 1 saturated heterocycles. The third-order valence-electron chi connectivity index (χ3n) is 3.98. The summed E-state index contributed by atoms with van der Waals surface area (Å²) in [7, 11) is 0. The summed E-state index contributed by atoms with van der Waals surface area (Å²) in [4.78, 5) is 26.9. The number of carbonyl (C=O) groups is 2. The number of ether oxygens (including phenoxy) is 1. The Kier molecular flexibility index (Phi) is 5.98. The van der Waals surface area contributed by atoms with Crippen molar-refractivity contribution >= 4 is 11.8 Å². The lowest BCUT2D eigenvalue weighted by molar-refractivity contribution is -0.165. The second-order valence-electron chi connectivity index (χ2n) is 5.61. The molecule has 0 aromatic heterocycles. The van der Waals surface area contributed by atoms with Crippen LogP contribution in [0.3, 0.4) is 0 Å². The highest BCUT2D eigenvalue weighted by Crippen LogP contribution is 2.32. The molecule has 0 amide bonds. The Morgan fingerprint density at radius 1 is 1.42 bits per heavy atom. The minimum Gasteiger partial charge on any atom is -0.465 e. The Morgan fingerprint density at radius 2 is 2.11 bits per heavy atom. The van der Waals surface area contributed by atoms with Crippen LogP contribution in [0.2, 0.25) is 0 Å². The topological polar surface area (TPSA) is 46.6 Å². The molecule has 1 heterocycles. The molecule has 0 radical (unpaired) electrons. The lowest BCUT2D eigenvalue weighted by atomic mass is 9.74. The van der Waals surface area contributed by atoms with Gasteiger partial charge in [0.05, 0.1) is 6.61 Å². The molecule has 0 aliphatic carbocycles. The predicted molar refractivity (Wildman–Crippen MR) is 74.9 cm³/mol. The fourth-order valence-corrected chi connectivity index (χ4v) is 2.76. The quantitative estimate of drug-likeness (QED) is 0.548. The zero-order chi connectivity index (χ0) is 14.5. The van der Waals surface area contributed by atoms with Crippen LogP contribution in [0, 0.1) is 11.3 Å². The van der Waals surface area contributed by atoms with E-state index in [4.69, 9.17) is 4.74 Å². The fourth-order valence-electron chi connectivity index (χ4n) is 2.76. The fraction of sp³-hybridized carbons (Fsp3) is 0.867. The molecular weight excluding hydrogens is 242 g/mol. The average Bonchev–Trinajstić information content (AvgIpc) is 2.40. The van der Waals surface area contributed by atoms with Gasteiger partial charge in [-0.3, -0.25) is 9.59 Å². The summed E-state index contributed by atoms with van der Waals surface area (Å²) >= 11 is 0.